The van der Waals surface area contributed by atoms with Gasteiger partial charge in [-0.05, 0) is 42.8 Å². The normalized spacial score (nSPS) is 12.8. The number of ether oxygens (including phenoxy) is 3. The molecular weight excluding hydrogens is 392 g/mol. The van der Waals surface area contributed by atoms with E-state index in [0.29, 0.717) is 11.3 Å². The van der Waals surface area contributed by atoms with Crippen LogP contribution in [0, 0.1) is 0 Å². The molecule has 2 amide bonds. The van der Waals surface area contributed by atoms with Crippen molar-refractivity contribution >= 4 is 17.7 Å². The van der Waals surface area contributed by atoms with Gasteiger partial charge in [-0.3, -0.25) is 15.3 Å². The third-order valence-corrected chi connectivity index (χ3v) is 3.99. The Morgan fingerprint density at radius 2 is 1.90 bits per heavy atom. The van der Waals surface area contributed by atoms with Gasteiger partial charge < -0.3 is 19.3 Å². The van der Waals surface area contributed by atoms with E-state index in [2.05, 4.69) is 5.32 Å². The van der Waals surface area contributed by atoms with Gasteiger partial charge in [0.25, 0.3) is 5.91 Å². The number of aromatic hydroxyl groups is 1. The second-order valence-corrected chi connectivity index (χ2v) is 6.00. The highest BCUT2D eigenvalue weighted by Gasteiger charge is 2.27. The predicted molar refractivity (Wildman–Crippen MR) is 108 cm³/mol. The summed E-state index contributed by atoms with van der Waals surface area (Å²) in [7, 11) is 1.41. The summed E-state index contributed by atoms with van der Waals surface area (Å²) in [5, 5.41) is 21.4. The van der Waals surface area contributed by atoms with Crippen LogP contribution >= 0.6 is 0 Å². The minimum atomic E-state index is -1.02. The van der Waals surface area contributed by atoms with Crippen molar-refractivity contribution in [3.05, 3.63) is 66.2 Å². The van der Waals surface area contributed by atoms with Gasteiger partial charge in [-0.25, -0.2) is 10.3 Å². The molecular formula is C21H24N2O7. The number of rotatable bonds is 9. The number of amides is 2. The van der Waals surface area contributed by atoms with Crippen molar-refractivity contribution in [2.45, 2.75) is 19.1 Å². The van der Waals surface area contributed by atoms with Crippen LogP contribution in [0.15, 0.2) is 60.7 Å². The molecule has 0 radical (unpaired) electrons. The molecule has 9 heteroatoms. The van der Waals surface area contributed by atoms with Crippen molar-refractivity contribution < 1.29 is 34.1 Å². The van der Waals surface area contributed by atoms with E-state index in [1.807, 2.05) is 6.07 Å². The second-order valence-electron chi connectivity index (χ2n) is 6.00. The predicted octanol–water partition coefficient (Wildman–Crippen LogP) is 3.16. The van der Waals surface area contributed by atoms with Gasteiger partial charge in [0.15, 0.2) is 17.6 Å². The molecule has 0 bridgehead atoms. The largest absolute Gasteiger partial charge is 0.504 e. The topological polar surface area (TPSA) is 126 Å². The zero-order valence-electron chi connectivity index (χ0n) is 16.6. The lowest BCUT2D eigenvalue weighted by molar-refractivity contribution is -0.124. The van der Waals surface area contributed by atoms with Gasteiger partial charge in [0.1, 0.15) is 6.10 Å². The zero-order valence-corrected chi connectivity index (χ0v) is 16.6. The fourth-order valence-corrected chi connectivity index (χ4v) is 2.65. The van der Waals surface area contributed by atoms with Crippen LogP contribution in [0.5, 0.6) is 11.5 Å². The number of hydrogen-bond donors (Lipinski definition) is 4. The van der Waals surface area contributed by atoms with Gasteiger partial charge >= 0.3 is 6.09 Å². The summed E-state index contributed by atoms with van der Waals surface area (Å²) in [5.41, 5.74) is 2.42. The maximum absolute atomic E-state index is 12.5. The first-order chi connectivity index (χ1) is 14.5. The number of hydroxylamine groups is 1. The number of benzene rings is 2. The van der Waals surface area contributed by atoms with Crippen molar-refractivity contribution in [2.24, 2.45) is 0 Å². The summed E-state index contributed by atoms with van der Waals surface area (Å²) in [6.07, 6.45) is -0.271. The van der Waals surface area contributed by atoms with Crippen LogP contribution < -0.4 is 15.5 Å². The molecule has 2 rings (SSSR count). The van der Waals surface area contributed by atoms with E-state index in [4.69, 9.17) is 19.4 Å². The molecule has 0 aliphatic carbocycles. The number of anilines is 1. The highest BCUT2D eigenvalue weighted by molar-refractivity contribution is 5.86. The van der Waals surface area contributed by atoms with Crippen molar-refractivity contribution in [3.8, 4) is 11.5 Å². The molecule has 9 nitrogen and oxygen atoms in total. The fraction of sp³-hybridized carbons (Fsp3) is 0.238. The summed E-state index contributed by atoms with van der Waals surface area (Å²) >= 11 is 0. The van der Waals surface area contributed by atoms with Crippen LogP contribution in [0.1, 0.15) is 18.6 Å². The van der Waals surface area contributed by atoms with Crippen molar-refractivity contribution in [3.63, 3.8) is 0 Å². The van der Waals surface area contributed by atoms with Gasteiger partial charge in [0.05, 0.1) is 7.11 Å². The molecule has 0 aliphatic heterocycles. The highest BCUT2D eigenvalue weighted by atomic mass is 16.6. The number of phenols is 1. The quantitative estimate of drug-likeness (QED) is 0.281. The van der Waals surface area contributed by atoms with E-state index in [9.17, 15) is 14.7 Å². The number of para-hydroxylation sites is 1. The number of carbonyl (C=O) groups is 2. The van der Waals surface area contributed by atoms with Gasteiger partial charge in [-0.1, -0.05) is 24.3 Å². The Hall–Kier alpha value is -3.56. The average Bonchev–Trinajstić information content (AvgIpc) is 2.75. The Morgan fingerprint density at radius 3 is 2.50 bits per heavy atom. The Balaban J connectivity index is 2.34. The van der Waals surface area contributed by atoms with Crippen molar-refractivity contribution in [1.82, 2.24) is 5.48 Å². The lowest BCUT2D eigenvalue weighted by Crippen LogP contribution is -2.28. The number of methoxy groups -OCH3 is 1. The standard InChI is InChI=1S/C21H24N2O7/c1-3-29-18(11-12-19(25)23-27)20(14-9-10-17(28-2)16(24)13-14)30-21(26)22-15-7-5-4-6-8-15/h4-13,18,20,24,27H,3H2,1-2H3,(H,22,26)(H,23,25)/b12-11+/t18-,20-/m1/s1. The van der Waals surface area contributed by atoms with Crippen LogP contribution in [-0.2, 0) is 14.3 Å². The van der Waals surface area contributed by atoms with E-state index in [-0.39, 0.29) is 18.1 Å². The number of phenolic OH excluding ortho intramolecular Hbond substituents is 1. The lowest BCUT2D eigenvalue weighted by Gasteiger charge is -2.25. The minimum absolute atomic E-state index is 0.153. The average molecular weight is 416 g/mol. The minimum Gasteiger partial charge on any atom is -0.504 e. The summed E-state index contributed by atoms with van der Waals surface area (Å²) in [6, 6.07) is 13.2. The monoisotopic (exact) mass is 416 g/mol. The molecule has 0 aromatic heterocycles. The Labute approximate surface area is 173 Å². The second kappa shape index (κ2) is 11.4. The molecule has 0 fully saturated rings. The van der Waals surface area contributed by atoms with Gasteiger partial charge in [0, 0.05) is 18.4 Å². The lowest BCUT2D eigenvalue weighted by atomic mass is 10.0. The summed E-state index contributed by atoms with van der Waals surface area (Å²) in [5.74, 6) is -0.682. The molecule has 4 N–H and O–H groups in total. The smallest absolute Gasteiger partial charge is 0.412 e. The molecule has 2 atom stereocenters. The molecule has 160 valence electrons. The van der Waals surface area contributed by atoms with E-state index >= 15 is 0 Å². The molecule has 2 aromatic carbocycles. The Kier molecular flexibility index (Phi) is 8.67. The highest BCUT2D eigenvalue weighted by Crippen LogP contribution is 2.33. The summed E-state index contributed by atoms with van der Waals surface area (Å²) in [4.78, 5) is 23.9. The van der Waals surface area contributed by atoms with Crippen LogP contribution in [-0.4, -0.2) is 42.1 Å². The molecule has 0 aliphatic rings. The van der Waals surface area contributed by atoms with Crippen LogP contribution in [0.2, 0.25) is 0 Å². The van der Waals surface area contributed by atoms with E-state index < -0.39 is 24.2 Å². The number of nitrogens with one attached hydrogen (secondary N) is 2. The molecule has 0 saturated heterocycles. The van der Waals surface area contributed by atoms with Gasteiger partial charge in [-0.15, -0.1) is 0 Å². The summed E-state index contributed by atoms with van der Waals surface area (Å²) < 4.78 is 16.3. The van der Waals surface area contributed by atoms with Gasteiger partial charge in [0.2, 0.25) is 0 Å². The van der Waals surface area contributed by atoms with Crippen LogP contribution in [0.25, 0.3) is 0 Å². The van der Waals surface area contributed by atoms with Crippen molar-refractivity contribution in [1.29, 1.82) is 0 Å². The first-order valence-corrected chi connectivity index (χ1v) is 9.12. The number of carbonyl (C=O) groups excluding carboxylic acids is 2. The third-order valence-electron chi connectivity index (χ3n) is 3.99. The van der Waals surface area contributed by atoms with E-state index in [0.717, 1.165) is 6.08 Å². The molecule has 30 heavy (non-hydrogen) atoms. The van der Waals surface area contributed by atoms with Crippen molar-refractivity contribution in [2.75, 3.05) is 19.0 Å². The SMILES string of the molecule is CCO[C@H](/C=C/C(=O)NO)[C@H](OC(=O)Nc1ccccc1)c1ccc(OC)c(O)c1. The van der Waals surface area contributed by atoms with E-state index in [1.54, 1.807) is 37.3 Å². The number of hydrogen-bond acceptors (Lipinski definition) is 7. The molecule has 0 spiro atoms. The van der Waals surface area contributed by atoms with Crippen LogP contribution in [0.4, 0.5) is 10.5 Å². The molecule has 2 aromatic rings. The van der Waals surface area contributed by atoms with E-state index in [1.165, 1.54) is 30.8 Å². The Bertz CT molecular complexity index is 871. The molecule has 0 saturated carbocycles. The first kappa shape index (κ1) is 22.7. The van der Waals surface area contributed by atoms with Gasteiger partial charge in [-0.2, -0.15) is 0 Å². The molecule has 0 unspecified atom stereocenters. The Morgan fingerprint density at radius 1 is 1.17 bits per heavy atom. The maximum atomic E-state index is 12.5. The maximum Gasteiger partial charge on any atom is 0.412 e. The fourth-order valence-electron chi connectivity index (χ4n) is 2.65. The first-order valence-electron chi connectivity index (χ1n) is 9.12. The van der Waals surface area contributed by atoms with Crippen LogP contribution in [0.3, 0.4) is 0 Å². The molecule has 0 heterocycles. The third kappa shape index (κ3) is 6.50. The zero-order chi connectivity index (χ0) is 21.9. The summed E-state index contributed by atoms with van der Waals surface area (Å²) in [6.45, 7) is 1.98.